The van der Waals surface area contributed by atoms with Gasteiger partial charge in [-0.2, -0.15) is 0 Å². The van der Waals surface area contributed by atoms with Crippen LogP contribution in [0.5, 0.6) is 0 Å². The summed E-state index contributed by atoms with van der Waals surface area (Å²) in [6, 6.07) is 5.95. The third kappa shape index (κ3) is 3.79. The van der Waals surface area contributed by atoms with E-state index in [2.05, 4.69) is 15.6 Å². The summed E-state index contributed by atoms with van der Waals surface area (Å²) in [6.45, 7) is 4.01. The first kappa shape index (κ1) is 14.5. The van der Waals surface area contributed by atoms with Crippen LogP contribution in [-0.2, 0) is 16.1 Å². The SMILES string of the molecule is COCCNCC(=O)NCc1cn2c(C)cccc2n1. The van der Waals surface area contributed by atoms with Crippen LogP contribution in [0.25, 0.3) is 5.65 Å². The van der Waals surface area contributed by atoms with Gasteiger partial charge in [-0.25, -0.2) is 4.98 Å². The van der Waals surface area contributed by atoms with Crippen LogP contribution in [0.4, 0.5) is 0 Å². The second-order valence-electron chi connectivity index (χ2n) is 4.57. The van der Waals surface area contributed by atoms with Gasteiger partial charge in [-0.3, -0.25) is 4.79 Å². The second kappa shape index (κ2) is 7.02. The second-order valence-corrected chi connectivity index (χ2v) is 4.57. The van der Waals surface area contributed by atoms with Crippen LogP contribution in [0.3, 0.4) is 0 Å². The average molecular weight is 276 g/mol. The molecule has 0 fully saturated rings. The summed E-state index contributed by atoms with van der Waals surface area (Å²) in [7, 11) is 1.63. The lowest BCUT2D eigenvalue weighted by atomic mass is 10.4. The molecular formula is C14H20N4O2. The summed E-state index contributed by atoms with van der Waals surface area (Å²) >= 11 is 0. The molecule has 2 aromatic heterocycles. The van der Waals surface area contributed by atoms with Gasteiger partial charge in [0, 0.05) is 25.5 Å². The maximum Gasteiger partial charge on any atom is 0.234 e. The summed E-state index contributed by atoms with van der Waals surface area (Å²) in [4.78, 5) is 16.1. The van der Waals surface area contributed by atoms with E-state index in [4.69, 9.17) is 4.74 Å². The van der Waals surface area contributed by atoms with E-state index in [-0.39, 0.29) is 12.5 Å². The molecule has 0 aliphatic rings. The predicted octanol–water partition coefficient (Wildman–Crippen LogP) is 0.495. The van der Waals surface area contributed by atoms with Gasteiger partial charge in [0.05, 0.1) is 25.4 Å². The minimum atomic E-state index is -0.0464. The molecule has 20 heavy (non-hydrogen) atoms. The van der Waals surface area contributed by atoms with Crippen molar-refractivity contribution in [2.24, 2.45) is 0 Å². The standard InChI is InChI=1S/C14H20N4O2/c1-11-4-3-5-13-17-12(10-18(11)13)8-16-14(19)9-15-6-7-20-2/h3-5,10,15H,6-9H2,1-2H3,(H,16,19). The Morgan fingerprint density at radius 2 is 2.30 bits per heavy atom. The highest BCUT2D eigenvalue weighted by molar-refractivity contribution is 5.77. The van der Waals surface area contributed by atoms with Crippen LogP contribution in [0.15, 0.2) is 24.4 Å². The number of carbonyl (C=O) groups excluding carboxylic acids is 1. The Kier molecular flexibility index (Phi) is 5.09. The molecule has 0 spiro atoms. The van der Waals surface area contributed by atoms with Gasteiger partial charge in [-0.15, -0.1) is 0 Å². The lowest BCUT2D eigenvalue weighted by molar-refractivity contribution is -0.120. The van der Waals surface area contributed by atoms with E-state index in [0.717, 1.165) is 17.0 Å². The third-order valence-electron chi connectivity index (χ3n) is 2.98. The number of hydrogen-bond acceptors (Lipinski definition) is 4. The Bertz CT molecular complexity index is 580. The first-order chi connectivity index (χ1) is 9.70. The number of ether oxygens (including phenoxy) is 1. The van der Waals surface area contributed by atoms with Gasteiger partial charge >= 0.3 is 0 Å². The van der Waals surface area contributed by atoms with Crippen LogP contribution in [0.2, 0.25) is 0 Å². The molecule has 6 heteroatoms. The van der Waals surface area contributed by atoms with E-state index in [1.54, 1.807) is 7.11 Å². The highest BCUT2D eigenvalue weighted by Gasteiger charge is 2.05. The number of nitrogens with one attached hydrogen (secondary N) is 2. The maximum atomic E-state index is 11.6. The van der Waals surface area contributed by atoms with Crippen LogP contribution in [-0.4, -0.2) is 42.1 Å². The number of aromatic nitrogens is 2. The number of carbonyl (C=O) groups is 1. The molecule has 6 nitrogen and oxygen atoms in total. The molecule has 2 aromatic rings. The molecule has 0 aromatic carbocycles. The van der Waals surface area contributed by atoms with Crippen molar-refractivity contribution in [1.29, 1.82) is 0 Å². The zero-order valence-electron chi connectivity index (χ0n) is 11.8. The van der Waals surface area contributed by atoms with Crippen molar-refractivity contribution in [1.82, 2.24) is 20.0 Å². The molecule has 2 N–H and O–H groups in total. The third-order valence-corrected chi connectivity index (χ3v) is 2.98. The van der Waals surface area contributed by atoms with Crippen molar-refractivity contribution in [2.75, 3.05) is 26.8 Å². The molecule has 2 rings (SSSR count). The number of imidazole rings is 1. The largest absolute Gasteiger partial charge is 0.383 e. The van der Waals surface area contributed by atoms with E-state index < -0.39 is 0 Å². The molecule has 0 aliphatic heterocycles. The molecule has 108 valence electrons. The number of rotatable bonds is 7. The Morgan fingerprint density at radius 3 is 3.05 bits per heavy atom. The summed E-state index contributed by atoms with van der Waals surface area (Å²) in [5.74, 6) is -0.0464. The predicted molar refractivity (Wildman–Crippen MR) is 76.5 cm³/mol. The summed E-state index contributed by atoms with van der Waals surface area (Å²) in [5, 5.41) is 5.83. The Balaban J connectivity index is 1.83. The van der Waals surface area contributed by atoms with Crippen molar-refractivity contribution in [2.45, 2.75) is 13.5 Å². The lowest BCUT2D eigenvalue weighted by Gasteiger charge is -2.04. The van der Waals surface area contributed by atoms with Crippen LogP contribution < -0.4 is 10.6 Å². The van der Waals surface area contributed by atoms with Gasteiger partial charge in [-0.05, 0) is 19.1 Å². The van der Waals surface area contributed by atoms with Gasteiger partial charge < -0.3 is 19.8 Å². The first-order valence-corrected chi connectivity index (χ1v) is 6.60. The highest BCUT2D eigenvalue weighted by Crippen LogP contribution is 2.07. The number of fused-ring (bicyclic) bond motifs is 1. The molecule has 0 radical (unpaired) electrons. The van der Waals surface area contributed by atoms with Gasteiger partial charge in [-0.1, -0.05) is 6.07 Å². The monoisotopic (exact) mass is 276 g/mol. The quantitative estimate of drug-likeness (QED) is 0.723. The number of nitrogens with zero attached hydrogens (tertiary/aromatic N) is 2. The van der Waals surface area contributed by atoms with E-state index in [1.807, 2.05) is 35.7 Å². The summed E-state index contributed by atoms with van der Waals surface area (Å²) < 4.78 is 6.90. The number of hydrogen-bond donors (Lipinski definition) is 2. The van der Waals surface area contributed by atoms with Gasteiger partial charge in [0.25, 0.3) is 0 Å². The van der Waals surface area contributed by atoms with Crippen LogP contribution in [0, 0.1) is 6.92 Å². The molecule has 2 heterocycles. The number of amides is 1. The van der Waals surface area contributed by atoms with Gasteiger partial charge in [0.1, 0.15) is 5.65 Å². The Hall–Kier alpha value is -1.92. The minimum absolute atomic E-state index is 0.0464. The molecule has 0 aliphatic carbocycles. The average Bonchev–Trinajstić information content (AvgIpc) is 2.86. The van der Waals surface area contributed by atoms with E-state index in [0.29, 0.717) is 19.7 Å². The molecule has 0 bridgehead atoms. The van der Waals surface area contributed by atoms with Crippen molar-refractivity contribution in [3.8, 4) is 0 Å². The zero-order chi connectivity index (χ0) is 14.4. The fourth-order valence-electron chi connectivity index (χ4n) is 1.91. The van der Waals surface area contributed by atoms with Crippen molar-refractivity contribution in [3.05, 3.63) is 35.8 Å². The van der Waals surface area contributed by atoms with Gasteiger partial charge in [0.15, 0.2) is 0 Å². The molecule has 0 saturated carbocycles. The van der Waals surface area contributed by atoms with Crippen LogP contribution >= 0.6 is 0 Å². The molecule has 0 unspecified atom stereocenters. The molecule has 0 atom stereocenters. The van der Waals surface area contributed by atoms with Crippen molar-refractivity contribution < 1.29 is 9.53 Å². The molecule has 1 amide bonds. The van der Waals surface area contributed by atoms with Crippen molar-refractivity contribution >= 4 is 11.6 Å². The number of pyridine rings is 1. The summed E-state index contributed by atoms with van der Waals surface area (Å²) in [6.07, 6.45) is 1.95. The minimum Gasteiger partial charge on any atom is -0.383 e. The Morgan fingerprint density at radius 1 is 1.45 bits per heavy atom. The number of methoxy groups -OCH3 is 1. The van der Waals surface area contributed by atoms with Crippen LogP contribution in [0.1, 0.15) is 11.4 Å². The van der Waals surface area contributed by atoms with Crippen molar-refractivity contribution in [3.63, 3.8) is 0 Å². The van der Waals surface area contributed by atoms with E-state index >= 15 is 0 Å². The molecular weight excluding hydrogens is 256 g/mol. The zero-order valence-corrected chi connectivity index (χ0v) is 11.8. The van der Waals surface area contributed by atoms with E-state index in [1.165, 1.54) is 0 Å². The normalized spacial score (nSPS) is 10.9. The lowest BCUT2D eigenvalue weighted by Crippen LogP contribution is -2.34. The molecule has 0 saturated heterocycles. The fraction of sp³-hybridized carbons (Fsp3) is 0.429. The summed E-state index contributed by atoms with van der Waals surface area (Å²) in [5.41, 5.74) is 2.87. The van der Waals surface area contributed by atoms with E-state index in [9.17, 15) is 4.79 Å². The Labute approximate surface area is 118 Å². The topological polar surface area (TPSA) is 67.7 Å². The maximum absolute atomic E-state index is 11.6. The fourth-order valence-corrected chi connectivity index (χ4v) is 1.91. The first-order valence-electron chi connectivity index (χ1n) is 6.60. The van der Waals surface area contributed by atoms with Gasteiger partial charge in [0.2, 0.25) is 5.91 Å². The smallest absolute Gasteiger partial charge is 0.234 e. The highest BCUT2D eigenvalue weighted by atomic mass is 16.5. The number of aryl methyl sites for hydroxylation is 1.